The third-order valence-corrected chi connectivity index (χ3v) is 4.53. The third-order valence-electron chi connectivity index (χ3n) is 4.30. The fraction of sp³-hybridized carbons (Fsp3) is 0.400. The molecular formula is C20H24ClN3O2. The molecule has 0 spiro atoms. The number of halogens is 1. The van der Waals surface area contributed by atoms with Crippen LogP contribution in [0.3, 0.4) is 0 Å². The van der Waals surface area contributed by atoms with Crippen LogP contribution in [0.15, 0.2) is 36.5 Å². The molecule has 2 aliphatic carbocycles. The molecule has 138 valence electrons. The number of benzene rings is 1. The minimum atomic E-state index is -0.833. The Morgan fingerprint density at radius 1 is 1.27 bits per heavy atom. The molecule has 0 bridgehead atoms. The van der Waals surface area contributed by atoms with Gasteiger partial charge in [-0.05, 0) is 67.0 Å². The Hall–Kier alpha value is -2.11. The molecule has 4 rings (SSSR count). The van der Waals surface area contributed by atoms with Crippen LogP contribution in [0.25, 0.3) is 0 Å². The fourth-order valence-electron chi connectivity index (χ4n) is 2.75. The molecule has 1 aromatic heterocycles. The molecule has 1 aromatic carbocycles. The lowest BCUT2D eigenvalue weighted by molar-refractivity contribution is -0.134. The van der Waals surface area contributed by atoms with Gasteiger partial charge in [-0.3, -0.25) is 4.79 Å². The summed E-state index contributed by atoms with van der Waals surface area (Å²) in [6.07, 6.45) is 7.27. The van der Waals surface area contributed by atoms with Crippen LogP contribution in [0.1, 0.15) is 49.7 Å². The fourth-order valence-corrected chi connectivity index (χ4v) is 2.94. The number of hydrogen-bond acceptors (Lipinski definition) is 4. The van der Waals surface area contributed by atoms with Gasteiger partial charge in [-0.15, -0.1) is 0 Å². The van der Waals surface area contributed by atoms with Crippen molar-refractivity contribution in [3.63, 3.8) is 0 Å². The Bertz CT molecular complexity index is 769. The lowest BCUT2D eigenvalue weighted by Gasteiger charge is -2.13. The SMILES string of the molecule is CC(=O)O.Clc1cccc(Nc2cc(C3CC3)c(CNC3CC3)cn2)c1. The van der Waals surface area contributed by atoms with Crippen molar-refractivity contribution < 1.29 is 9.90 Å². The van der Waals surface area contributed by atoms with Crippen molar-refractivity contribution in [1.82, 2.24) is 10.3 Å². The molecule has 0 amide bonds. The van der Waals surface area contributed by atoms with E-state index in [0.717, 1.165) is 42.0 Å². The molecule has 5 nitrogen and oxygen atoms in total. The zero-order chi connectivity index (χ0) is 18.5. The lowest BCUT2D eigenvalue weighted by atomic mass is 10.1. The predicted molar refractivity (Wildman–Crippen MR) is 104 cm³/mol. The quantitative estimate of drug-likeness (QED) is 0.684. The van der Waals surface area contributed by atoms with Gasteiger partial charge in [0.2, 0.25) is 0 Å². The third kappa shape index (κ3) is 6.00. The maximum atomic E-state index is 9.00. The standard InChI is InChI=1S/C18H20ClN3.C2H4O2/c19-14-2-1-3-16(8-14)22-18-9-17(12-4-5-12)13(11-21-18)10-20-15-6-7-15;1-2(3)4/h1-3,8-9,11-12,15,20H,4-7,10H2,(H,21,22);1H3,(H,3,4). The zero-order valence-electron chi connectivity index (χ0n) is 14.8. The van der Waals surface area contributed by atoms with E-state index in [-0.39, 0.29) is 0 Å². The van der Waals surface area contributed by atoms with Crippen LogP contribution in [0, 0.1) is 0 Å². The van der Waals surface area contributed by atoms with E-state index >= 15 is 0 Å². The first-order chi connectivity index (χ1) is 12.5. The van der Waals surface area contributed by atoms with Crippen molar-refractivity contribution in [3.05, 3.63) is 52.7 Å². The molecule has 0 atom stereocenters. The number of carbonyl (C=O) groups is 1. The molecule has 2 aromatic rings. The van der Waals surface area contributed by atoms with E-state index in [1.165, 1.54) is 36.8 Å². The summed E-state index contributed by atoms with van der Waals surface area (Å²) >= 11 is 6.04. The van der Waals surface area contributed by atoms with Gasteiger partial charge >= 0.3 is 0 Å². The van der Waals surface area contributed by atoms with Gasteiger partial charge in [-0.1, -0.05) is 17.7 Å². The van der Waals surface area contributed by atoms with Crippen molar-refractivity contribution >= 4 is 29.1 Å². The monoisotopic (exact) mass is 373 g/mol. The Morgan fingerprint density at radius 2 is 2.00 bits per heavy atom. The largest absolute Gasteiger partial charge is 0.481 e. The van der Waals surface area contributed by atoms with E-state index in [1.807, 2.05) is 30.5 Å². The number of nitrogens with one attached hydrogen (secondary N) is 2. The molecule has 3 N–H and O–H groups in total. The van der Waals surface area contributed by atoms with E-state index in [1.54, 1.807) is 0 Å². The summed E-state index contributed by atoms with van der Waals surface area (Å²) in [6, 6.07) is 10.7. The van der Waals surface area contributed by atoms with Gasteiger partial charge in [0.15, 0.2) is 0 Å². The van der Waals surface area contributed by atoms with E-state index < -0.39 is 5.97 Å². The van der Waals surface area contributed by atoms with Gasteiger partial charge in [-0.2, -0.15) is 0 Å². The maximum absolute atomic E-state index is 9.00. The first-order valence-electron chi connectivity index (χ1n) is 8.95. The van der Waals surface area contributed by atoms with Crippen LogP contribution in [-0.4, -0.2) is 22.1 Å². The van der Waals surface area contributed by atoms with Crippen molar-refractivity contribution in [2.75, 3.05) is 5.32 Å². The summed E-state index contributed by atoms with van der Waals surface area (Å²) in [6.45, 7) is 2.03. The van der Waals surface area contributed by atoms with E-state index in [9.17, 15) is 0 Å². The van der Waals surface area contributed by atoms with Gasteiger partial charge in [0.1, 0.15) is 5.82 Å². The first kappa shape index (κ1) is 18.7. The Balaban J connectivity index is 0.000000447. The summed E-state index contributed by atoms with van der Waals surface area (Å²) in [5.41, 5.74) is 3.78. The Morgan fingerprint density at radius 3 is 2.62 bits per heavy atom. The van der Waals surface area contributed by atoms with Crippen LogP contribution >= 0.6 is 11.6 Å². The second-order valence-corrected chi connectivity index (χ2v) is 7.29. The number of rotatable bonds is 6. The highest BCUT2D eigenvalue weighted by Crippen LogP contribution is 2.42. The van der Waals surface area contributed by atoms with Crippen molar-refractivity contribution in [2.24, 2.45) is 0 Å². The van der Waals surface area contributed by atoms with E-state index in [2.05, 4.69) is 21.7 Å². The highest BCUT2D eigenvalue weighted by molar-refractivity contribution is 6.30. The average Bonchev–Trinajstić information content (AvgIpc) is 3.46. The van der Waals surface area contributed by atoms with E-state index in [4.69, 9.17) is 21.5 Å². The summed E-state index contributed by atoms with van der Waals surface area (Å²) in [4.78, 5) is 13.6. The summed E-state index contributed by atoms with van der Waals surface area (Å²) in [5.74, 6) is 0.790. The Kier molecular flexibility index (Phi) is 6.12. The molecule has 0 saturated heterocycles. The minimum absolute atomic E-state index is 0.721. The first-order valence-corrected chi connectivity index (χ1v) is 9.33. The Labute approximate surface area is 158 Å². The molecule has 0 aliphatic heterocycles. The molecule has 2 aliphatic rings. The van der Waals surface area contributed by atoms with Crippen LogP contribution in [-0.2, 0) is 11.3 Å². The molecule has 26 heavy (non-hydrogen) atoms. The van der Waals surface area contributed by atoms with Crippen molar-refractivity contribution in [3.8, 4) is 0 Å². The van der Waals surface area contributed by atoms with Gasteiger partial charge in [-0.25, -0.2) is 4.98 Å². The highest BCUT2D eigenvalue weighted by Gasteiger charge is 2.27. The molecule has 0 unspecified atom stereocenters. The smallest absolute Gasteiger partial charge is 0.300 e. The van der Waals surface area contributed by atoms with Crippen LogP contribution in [0.4, 0.5) is 11.5 Å². The molecule has 0 radical (unpaired) electrons. The topological polar surface area (TPSA) is 74.2 Å². The molecule has 6 heteroatoms. The highest BCUT2D eigenvalue weighted by atomic mass is 35.5. The second-order valence-electron chi connectivity index (χ2n) is 6.85. The molecule has 1 heterocycles. The lowest BCUT2D eigenvalue weighted by Crippen LogP contribution is -2.16. The second kappa shape index (κ2) is 8.52. The number of hydrogen-bond donors (Lipinski definition) is 3. The summed E-state index contributed by atoms with van der Waals surface area (Å²) in [5, 5.41) is 15.1. The normalized spacial score (nSPS) is 15.8. The zero-order valence-corrected chi connectivity index (χ0v) is 15.6. The number of carboxylic acids is 1. The molecule has 2 saturated carbocycles. The number of nitrogens with zero attached hydrogens (tertiary/aromatic N) is 1. The van der Waals surface area contributed by atoms with Crippen molar-refractivity contribution in [1.29, 1.82) is 0 Å². The maximum Gasteiger partial charge on any atom is 0.300 e. The molecular weight excluding hydrogens is 350 g/mol. The van der Waals surface area contributed by atoms with E-state index in [0.29, 0.717) is 0 Å². The summed E-state index contributed by atoms with van der Waals surface area (Å²) in [7, 11) is 0. The number of aromatic nitrogens is 1. The average molecular weight is 374 g/mol. The number of anilines is 2. The summed E-state index contributed by atoms with van der Waals surface area (Å²) < 4.78 is 0. The minimum Gasteiger partial charge on any atom is -0.481 e. The van der Waals surface area contributed by atoms with Gasteiger partial charge in [0.25, 0.3) is 5.97 Å². The van der Waals surface area contributed by atoms with Crippen molar-refractivity contribution in [2.45, 2.75) is 51.1 Å². The van der Waals surface area contributed by atoms with Gasteiger partial charge in [0, 0.05) is 36.4 Å². The van der Waals surface area contributed by atoms with Crippen LogP contribution in [0.2, 0.25) is 5.02 Å². The number of carboxylic acid groups (broad SMARTS) is 1. The van der Waals surface area contributed by atoms with Crippen LogP contribution < -0.4 is 10.6 Å². The molecule has 2 fully saturated rings. The number of pyridine rings is 1. The number of aliphatic carboxylic acids is 1. The van der Waals surface area contributed by atoms with Gasteiger partial charge < -0.3 is 15.7 Å². The van der Waals surface area contributed by atoms with Gasteiger partial charge in [0.05, 0.1) is 0 Å². The van der Waals surface area contributed by atoms with Crippen LogP contribution in [0.5, 0.6) is 0 Å². The predicted octanol–water partition coefficient (Wildman–Crippen LogP) is 4.70.